The van der Waals surface area contributed by atoms with E-state index in [-0.39, 0.29) is 0 Å². The maximum absolute atomic E-state index is 4.23. The molecule has 8 heavy (non-hydrogen) atoms. The Morgan fingerprint density at radius 1 is 1.38 bits per heavy atom. The van der Waals surface area contributed by atoms with Crippen LogP contribution < -0.4 is 0 Å². The third kappa shape index (κ3) is 2.05. The van der Waals surface area contributed by atoms with Gasteiger partial charge in [-0.25, -0.2) is 0 Å². The molecule has 1 aliphatic rings. The fourth-order valence-corrected chi connectivity index (χ4v) is 1.17. The van der Waals surface area contributed by atoms with Crippen LogP contribution in [0.2, 0.25) is 0 Å². The van der Waals surface area contributed by atoms with Crippen LogP contribution in [0, 0.1) is 6.42 Å². The Hall–Kier alpha value is 0.310. The van der Waals surface area contributed by atoms with Gasteiger partial charge in [0, 0.05) is 13.1 Å². The van der Waals surface area contributed by atoms with E-state index in [1.807, 2.05) is 0 Å². The molecular formula is C6H12NS. The van der Waals surface area contributed by atoms with Crippen molar-refractivity contribution < 1.29 is 0 Å². The molecule has 0 N–H and O–H groups in total. The summed E-state index contributed by atoms with van der Waals surface area (Å²) >= 11 is 4.23. The number of nitrogens with zero attached hydrogens (tertiary/aromatic N) is 1. The second kappa shape index (κ2) is 3.36. The third-order valence-corrected chi connectivity index (χ3v) is 1.78. The Kier molecular flexibility index (Phi) is 2.70. The average Bonchev–Trinajstić information content (AvgIpc) is 1.94. The van der Waals surface area contributed by atoms with E-state index in [2.05, 4.69) is 23.5 Å². The van der Waals surface area contributed by atoms with Gasteiger partial charge in [0.1, 0.15) is 0 Å². The second-order valence-electron chi connectivity index (χ2n) is 2.20. The van der Waals surface area contributed by atoms with E-state index in [9.17, 15) is 0 Å². The van der Waals surface area contributed by atoms with Crippen molar-refractivity contribution in [2.75, 3.05) is 13.1 Å². The lowest BCUT2D eigenvalue weighted by Crippen LogP contribution is -2.12. The second-order valence-corrected chi connectivity index (χ2v) is 2.76. The molecule has 0 bridgehead atoms. The summed E-state index contributed by atoms with van der Waals surface area (Å²) in [5.74, 6) is 0. The molecule has 1 rings (SSSR count). The van der Waals surface area contributed by atoms with E-state index in [1.54, 1.807) is 0 Å². The fourth-order valence-electron chi connectivity index (χ4n) is 0.915. The molecule has 1 heterocycles. The summed E-state index contributed by atoms with van der Waals surface area (Å²) in [6.45, 7) is 2.21. The highest BCUT2D eigenvalue weighted by Crippen LogP contribution is 2.09. The molecular weight excluding hydrogens is 118 g/mol. The maximum Gasteiger partial charge on any atom is 0.0118 e. The van der Waals surface area contributed by atoms with Gasteiger partial charge in [0.25, 0.3) is 0 Å². The molecule has 1 saturated heterocycles. The van der Waals surface area contributed by atoms with Gasteiger partial charge >= 0.3 is 0 Å². The Labute approximate surface area is 56.6 Å². The molecule has 0 aliphatic carbocycles. The molecule has 0 unspecified atom stereocenters. The summed E-state index contributed by atoms with van der Waals surface area (Å²) < 4.78 is 2.06. The molecule has 2 heteroatoms. The molecule has 1 radical (unpaired) electrons. The van der Waals surface area contributed by atoms with Crippen molar-refractivity contribution >= 4 is 12.8 Å². The van der Waals surface area contributed by atoms with Gasteiger partial charge in [0.15, 0.2) is 0 Å². The standard InChI is InChI=1S/C6H12NS/c8-7-5-3-1-2-4-6-7/h3,8H,1-2,4-6H2. The van der Waals surface area contributed by atoms with Gasteiger partial charge < -0.3 is 0 Å². The van der Waals surface area contributed by atoms with Crippen LogP contribution in [0.3, 0.4) is 0 Å². The van der Waals surface area contributed by atoms with Crippen LogP contribution in [0.1, 0.15) is 19.3 Å². The zero-order valence-electron chi connectivity index (χ0n) is 5.01. The highest BCUT2D eigenvalue weighted by Gasteiger charge is 2.02. The zero-order chi connectivity index (χ0) is 5.82. The van der Waals surface area contributed by atoms with E-state index in [0.29, 0.717) is 0 Å². The molecule has 0 aromatic heterocycles. The maximum atomic E-state index is 4.23. The Bertz CT molecular complexity index is 57.5. The van der Waals surface area contributed by atoms with Gasteiger partial charge in [0.05, 0.1) is 0 Å². The third-order valence-electron chi connectivity index (χ3n) is 1.41. The van der Waals surface area contributed by atoms with Crippen LogP contribution in [0.4, 0.5) is 0 Å². The van der Waals surface area contributed by atoms with Crippen molar-refractivity contribution in [2.24, 2.45) is 0 Å². The molecule has 1 fully saturated rings. The molecule has 0 aromatic rings. The van der Waals surface area contributed by atoms with Crippen molar-refractivity contribution in [3.05, 3.63) is 6.42 Å². The van der Waals surface area contributed by atoms with Gasteiger partial charge in [-0.05, 0) is 19.3 Å². The summed E-state index contributed by atoms with van der Waals surface area (Å²) in [5, 5.41) is 0. The fraction of sp³-hybridized carbons (Fsp3) is 0.833. The molecule has 0 aromatic carbocycles. The van der Waals surface area contributed by atoms with E-state index < -0.39 is 0 Å². The lowest BCUT2D eigenvalue weighted by atomic mass is 10.2. The molecule has 0 atom stereocenters. The highest BCUT2D eigenvalue weighted by molar-refractivity contribution is 7.77. The lowest BCUT2D eigenvalue weighted by Gasteiger charge is -2.08. The summed E-state index contributed by atoms with van der Waals surface area (Å²) in [4.78, 5) is 0. The minimum Gasteiger partial charge on any atom is -0.253 e. The monoisotopic (exact) mass is 130 g/mol. The van der Waals surface area contributed by atoms with Crippen LogP contribution in [0.15, 0.2) is 0 Å². The van der Waals surface area contributed by atoms with Crippen LogP contribution >= 0.6 is 12.8 Å². The van der Waals surface area contributed by atoms with Gasteiger partial charge in [-0.1, -0.05) is 19.2 Å². The zero-order valence-corrected chi connectivity index (χ0v) is 5.90. The first-order valence-corrected chi connectivity index (χ1v) is 3.55. The Morgan fingerprint density at radius 2 is 2.25 bits per heavy atom. The first-order chi connectivity index (χ1) is 3.89. The highest BCUT2D eigenvalue weighted by atomic mass is 32.1. The van der Waals surface area contributed by atoms with Crippen molar-refractivity contribution in [1.29, 1.82) is 0 Å². The number of rotatable bonds is 0. The van der Waals surface area contributed by atoms with Crippen LogP contribution in [0.25, 0.3) is 0 Å². The number of hydrogen-bond donors (Lipinski definition) is 1. The smallest absolute Gasteiger partial charge is 0.0118 e. The molecule has 0 amide bonds. The predicted molar refractivity (Wildman–Crippen MR) is 38.7 cm³/mol. The topological polar surface area (TPSA) is 3.24 Å². The normalized spacial score (nSPS) is 25.1. The number of hydrogen-bond acceptors (Lipinski definition) is 2. The van der Waals surface area contributed by atoms with Crippen molar-refractivity contribution in [1.82, 2.24) is 4.31 Å². The summed E-state index contributed by atoms with van der Waals surface area (Å²) in [7, 11) is 0. The lowest BCUT2D eigenvalue weighted by molar-refractivity contribution is 0.520. The van der Waals surface area contributed by atoms with E-state index >= 15 is 0 Å². The Morgan fingerprint density at radius 3 is 3.12 bits per heavy atom. The van der Waals surface area contributed by atoms with Crippen LogP contribution in [0.5, 0.6) is 0 Å². The van der Waals surface area contributed by atoms with Crippen molar-refractivity contribution in [2.45, 2.75) is 19.3 Å². The van der Waals surface area contributed by atoms with Crippen LogP contribution in [-0.2, 0) is 0 Å². The van der Waals surface area contributed by atoms with Gasteiger partial charge in [-0.2, -0.15) is 0 Å². The summed E-state index contributed by atoms with van der Waals surface area (Å²) in [6, 6.07) is 0. The van der Waals surface area contributed by atoms with Gasteiger partial charge in [-0.15, -0.1) is 0 Å². The van der Waals surface area contributed by atoms with Crippen molar-refractivity contribution in [3.8, 4) is 0 Å². The molecule has 0 saturated carbocycles. The summed E-state index contributed by atoms with van der Waals surface area (Å²) in [6.07, 6.45) is 6.22. The first-order valence-electron chi connectivity index (χ1n) is 3.15. The van der Waals surface area contributed by atoms with Crippen molar-refractivity contribution in [3.63, 3.8) is 0 Å². The van der Waals surface area contributed by atoms with Gasteiger partial charge in [-0.3, -0.25) is 4.31 Å². The SMILES string of the molecule is SN1C[CH]CCCC1. The predicted octanol–water partition coefficient (Wildman–Crippen LogP) is 1.52. The average molecular weight is 130 g/mol. The summed E-state index contributed by atoms with van der Waals surface area (Å²) in [5.41, 5.74) is 0. The van der Waals surface area contributed by atoms with Crippen LogP contribution in [-0.4, -0.2) is 17.4 Å². The number of thiol groups is 1. The Balaban J connectivity index is 2.17. The largest absolute Gasteiger partial charge is 0.253 e. The molecule has 1 nitrogen and oxygen atoms in total. The van der Waals surface area contributed by atoms with E-state index in [4.69, 9.17) is 0 Å². The minimum absolute atomic E-state index is 1.06. The quantitative estimate of drug-likeness (QED) is 0.487. The molecule has 1 aliphatic heterocycles. The molecule has 47 valence electrons. The van der Waals surface area contributed by atoms with E-state index in [0.717, 1.165) is 13.1 Å². The van der Waals surface area contributed by atoms with Gasteiger partial charge in [0.2, 0.25) is 0 Å². The molecule has 0 spiro atoms. The van der Waals surface area contributed by atoms with E-state index in [1.165, 1.54) is 19.3 Å². The first kappa shape index (κ1) is 6.43. The minimum atomic E-state index is 1.06.